The first-order chi connectivity index (χ1) is 6.33. The summed E-state index contributed by atoms with van der Waals surface area (Å²) in [5, 5.41) is 8.41. The van der Waals surface area contributed by atoms with E-state index in [0.717, 1.165) is 0 Å². The predicted octanol–water partition coefficient (Wildman–Crippen LogP) is 0.0769. The van der Waals surface area contributed by atoms with Crippen LogP contribution in [0.5, 0.6) is 0 Å². The lowest BCUT2D eigenvalue weighted by molar-refractivity contribution is 0.0708. The normalized spacial score (nSPS) is 10.2. The molecule has 13 heavy (non-hydrogen) atoms. The number of carbonyl (C=O) groups is 1. The zero-order valence-electron chi connectivity index (χ0n) is 6.48. The van der Waals surface area contributed by atoms with Crippen molar-refractivity contribution >= 4 is 16.9 Å². The van der Waals surface area contributed by atoms with Gasteiger partial charge in [-0.3, -0.25) is 10.0 Å². The maximum absolute atomic E-state index is 11.0. The number of hydrogen-bond acceptors (Lipinski definition) is 4. The van der Waals surface area contributed by atoms with Crippen molar-refractivity contribution in [2.75, 3.05) is 0 Å². The van der Waals surface area contributed by atoms with Gasteiger partial charge in [-0.1, -0.05) is 0 Å². The number of rotatable bonds is 1. The van der Waals surface area contributed by atoms with Gasteiger partial charge in [0.1, 0.15) is 11.8 Å². The van der Waals surface area contributed by atoms with E-state index >= 15 is 0 Å². The first-order valence-corrected chi connectivity index (χ1v) is 3.54. The monoisotopic (exact) mass is 178 g/mol. The van der Waals surface area contributed by atoms with Gasteiger partial charge in [0.25, 0.3) is 5.91 Å². The number of hydroxylamine groups is 1. The van der Waals surface area contributed by atoms with Crippen molar-refractivity contribution in [3.63, 3.8) is 0 Å². The van der Waals surface area contributed by atoms with Crippen LogP contribution in [0.15, 0.2) is 18.7 Å². The summed E-state index contributed by atoms with van der Waals surface area (Å²) >= 11 is 0. The lowest BCUT2D eigenvalue weighted by atomic mass is 10.3. The van der Waals surface area contributed by atoms with Crippen LogP contribution in [-0.4, -0.2) is 26.1 Å². The highest BCUT2D eigenvalue weighted by molar-refractivity contribution is 6.04. The van der Waals surface area contributed by atoms with E-state index in [0.29, 0.717) is 16.6 Å². The van der Waals surface area contributed by atoms with Gasteiger partial charge in [-0.05, 0) is 0 Å². The molecule has 0 unspecified atom stereocenters. The first-order valence-electron chi connectivity index (χ1n) is 3.54. The molecule has 6 nitrogen and oxygen atoms in total. The Kier molecular flexibility index (Phi) is 1.67. The molecule has 2 aromatic heterocycles. The van der Waals surface area contributed by atoms with Crippen LogP contribution in [-0.2, 0) is 0 Å². The number of fused-ring (bicyclic) bond motifs is 1. The van der Waals surface area contributed by atoms with Crippen molar-refractivity contribution < 1.29 is 10.0 Å². The van der Waals surface area contributed by atoms with Crippen LogP contribution in [0.3, 0.4) is 0 Å². The number of amides is 1. The van der Waals surface area contributed by atoms with Gasteiger partial charge in [-0.25, -0.2) is 15.4 Å². The lowest BCUT2D eigenvalue weighted by Crippen LogP contribution is -2.18. The third-order valence-electron chi connectivity index (χ3n) is 1.69. The lowest BCUT2D eigenvalue weighted by Gasteiger charge is -1.93. The molecule has 0 atom stereocenters. The van der Waals surface area contributed by atoms with Gasteiger partial charge < -0.3 is 4.98 Å². The van der Waals surface area contributed by atoms with Crippen LogP contribution in [0, 0.1) is 0 Å². The van der Waals surface area contributed by atoms with E-state index in [9.17, 15) is 4.79 Å². The maximum atomic E-state index is 11.0. The van der Waals surface area contributed by atoms with Gasteiger partial charge in [0, 0.05) is 6.20 Å². The summed E-state index contributed by atoms with van der Waals surface area (Å²) in [4.78, 5) is 21.5. The van der Waals surface area contributed by atoms with E-state index in [1.807, 2.05) is 0 Å². The molecule has 3 N–H and O–H groups in total. The van der Waals surface area contributed by atoms with Gasteiger partial charge >= 0.3 is 0 Å². The summed E-state index contributed by atoms with van der Waals surface area (Å²) in [7, 11) is 0. The van der Waals surface area contributed by atoms with Gasteiger partial charge in [0.2, 0.25) is 0 Å². The molecule has 0 saturated carbocycles. The Bertz CT molecular complexity index is 450. The largest absolute Gasteiger partial charge is 0.358 e. The molecule has 0 radical (unpaired) electrons. The van der Waals surface area contributed by atoms with E-state index in [1.165, 1.54) is 12.5 Å². The third-order valence-corrected chi connectivity index (χ3v) is 1.69. The van der Waals surface area contributed by atoms with Crippen LogP contribution in [0.25, 0.3) is 11.0 Å². The number of aromatic amines is 1. The van der Waals surface area contributed by atoms with Crippen molar-refractivity contribution in [3.05, 3.63) is 24.3 Å². The topological polar surface area (TPSA) is 90.9 Å². The smallest absolute Gasteiger partial charge is 0.278 e. The fourth-order valence-electron chi connectivity index (χ4n) is 1.10. The van der Waals surface area contributed by atoms with Gasteiger partial charge in [-0.2, -0.15) is 0 Å². The van der Waals surface area contributed by atoms with E-state index in [2.05, 4.69) is 15.0 Å². The molecule has 2 rings (SSSR count). The Balaban J connectivity index is 2.64. The average Bonchev–Trinajstić information content (AvgIpc) is 2.60. The fourth-order valence-corrected chi connectivity index (χ4v) is 1.10. The van der Waals surface area contributed by atoms with Gasteiger partial charge in [0.05, 0.1) is 17.3 Å². The molecule has 0 aromatic carbocycles. The second kappa shape index (κ2) is 2.83. The van der Waals surface area contributed by atoms with Gasteiger partial charge in [-0.15, -0.1) is 0 Å². The summed E-state index contributed by atoms with van der Waals surface area (Å²) < 4.78 is 0. The minimum absolute atomic E-state index is 0.292. The van der Waals surface area contributed by atoms with Crippen LogP contribution in [0.1, 0.15) is 10.4 Å². The molecule has 6 heteroatoms. The molecular formula is C7H6N4O2. The molecule has 0 bridgehead atoms. The highest BCUT2D eigenvalue weighted by Gasteiger charge is 2.11. The predicted molar refractivity (Wildman–Crippen MR) is 43.1 cm³/mol. The van der Waals surface area contributed by atoms with E-state index in [4.69, 9.17) is 5.21 Å². The summed E-state index contributed by atoms with van der Waals surface area (Å²) in [6.45, 7) is 0. The van der Waals surface area contributed by atoms with Crippen LogP contribution >= 0.6 is 0 Å². The van der Waals surface area contributed by atoms with Crippen LogP contribution in [0.2, 0.25) is 0 Å². The summed E-state index contributed by atoms with van der Waals surface area (Å²) in [5.41, 5.74) is 2.97. The molecule has 0 aliphatic heterocycles. The fraction of sp³-hybridized carbons (Fsp3) is 0. The van der Waals surface area contributed by atoms with Crippen LogP contribution < -0.4 is 5.48 Å². The Labute approximate surface area is 72.6 Å². The zero-order chi connectivity index (χ0) is 9.26. The molecule has 0 aliphatic carbocycles. The second-order valence-electron chi connectivity index (χ2n) is 2.43. The minimum atomic E-state index is -0.593. The number of aromatic nitrogens is 3. The minimum Gasteiger partial charge on any atom is -0.358 e. The number of nitrogens with one attached hydrogen (secondary N) is 2. The van der Waals surface area contributed by atoms with Crippen molar-refractivity contribution in [3.8, 4) is 0 Å². The standard InChI is InChI=1S/C7H6N4O2/c12-7(11-13)4-1-9-5-2-8-3-10-6(4)5/h1-3,9,13H,(H,11,12). The van der Waals surface area contributed by atoms with Crippen LogP contribution in [0.4, 0.5) is 0 Å². The first kappa shape index (κ1) is 7.69. The number of H-pyrrole nitrogens is 1. The molecule has 66 valence electrons. The van der Waals surface area contributed by atoms with Crippen molar-refractivity contribution in [2.24, 2.45) is 0 Å². The second-order valence-corrected chi connectivity index (χ2v) is 2.43. The molecule has 2 aromatic rings. The number of hydrogen-bond donors (Lipinski definition) is 3. The Morgan fingerprint density at radius 3 is 3.23 bits per heavy atom. The molecule has 0 spiro atoms. The highest BCUT2D eigenvalue weighted by Crippen LogP contribution is 2.12. The average molecular weight is 178 g/mol. The number of carbonyl (C=O) groups excluding carboxylic acids is 1. The molecule has 2 heterocycles. The maximum Gasteiger partial charge on any atom is 0.278 e. The number of nitrogens with zero attached hydrogens (tertiary/aromatic N) is 2. The Hall–Kier alpha value is -1.95. The third kappa shape index (κ3) is 1.13. The summed E-state index contributed by atoms with van der Waals surface area (Å²) in [5.74, 6) is -0.593. The molecule has 1 amide bonds. The zero-order valence-corrected chi connectivity index (χ0v) is 6.48. The van der Waals surface area contributed by atoms with Crippen molar-refractivity contribution in [1.82, 2.24) is 20.4 Å². The molecule has 0 fully saturated rings. The van der Waals surface area contributed by atoms with Crippen molar-refractivity contribution in [2.45, 2.75) is 0 Å². The quantitative estimate of drug-likeness (QED) is 0.426. The van der Waals surface area contributed by atoms with E-state index < -0.39 is 5.91 Å². The molecule has 0 saturated heterocycles. The summed E-state index contributed by atoms with van der Waals surface area (Å²) in [6.07, 6.45) is 4.35. The molecule has 0 aliphatic rings. The highest BCUT2D eigenvalue weighted by atomic mass is 16.5. The Morgan fingerprint density at radius 2 is 2.46 bits per heavy atom. The van der Waals surface area contributed by atoms with E-state index in [1.54, 1.807) is 11.7 Å². The van der Waals surface area contributed by atoms with Crippen molar-refractivity contribution in [1.29, 1.82) is 0 Å². The SMILES string of the molecule is O=C(NO)c1c[nH]c2cncnc12. The summed E-state index contributed by atoms with van der Waals surface area (Å²) in [6, 6.07) is 0. The van der Waals surface area contributed by atoms with Gasteiger partial charge in [0.15, 0.2) is 0 Å². The Morgan fingerprint density at radius 1 is 1.62 bits per heavy atom. The van der Waals surface area contributed by atoms with E-state index in [-0.39, 0.29) is 0 Å². The molecular weight excluding hydrogens is 172 g/mol.